The summed E-state index contributed by atoms with van der Waals surface area (Å²) in [5, 5.41) is 8.64. The van der Waals surface area contributed by atoms with Crippen LogP contribution < -0.4 is 0 Å². The zero-order chi connectivity index (χ0) is 10.3. The zero-order valence-corrected chi connectivity index (χ0v) is 7.73. The van der Waals surface area contributed by atoms with Crippen LogP contribution in [0.5, 0.6) is 0 Å². The number of aliphatic carboxylic acids is 1. The SMILES string of the molecule is C=C.CC(C(=O)O)c1ccccc1. The lowest BCUT2D eigenvalue weighted by atomic mass is 10.0. The van der Waals surface area contributed by atoms with Crippen LogP contribution in [0.4, 0.5) is 0 Å². The lowest BCUT2D eigenvalue weighted by molar-refractivity contribution is -0.138. The minimum absolute atomic E-state index is 0.406. The molecular weight excluding hydrogens is 164 g/mol. The maximum Gasteiger partial charge on any atom is 0.310 e. The number of rotatable bonds is 2. The molecule has 2 nitrogen and oxygen atoms in total. The molecule has 0 heterocycles. The first-order valence-corrected chi connectivity index (χ1v) is 3.99. The van der Waals surface area contributed by atoms with Gasteiger partial charge >= 0.3 is 5.97 Å². The van der Waals surface area contributed by atoms with Gasteiger partial charge < -0.3 is 5.11 Å². The second-order valence-electron chi connectivity index (χ2n) is 2.47. The van der Waals surface area contributed by atoms with Gasteiger partial charge in [-0.15, -0.1) is 13.2 Å². The van der Waals surface area contributed by atoms with E-state index in [0.717, 1.165) is 5.56 Å². The van der Waals surface area contributed by atoms with Gasteiger partial charge in [-0.2, -0.15) is 0 Å². The minimum Gasteiger partial charge on any atom is -0.481 e. The van der Waals surface area contributed by atoms with Crippen molar-refractivity contribution in [2.75, 3.05) is 0 Å². The van der Waals surface area contributed by atoms with Crippen LogP contribution in [0, 0.1) is 0 Å². The lowest BCUT2D eigenvalue weighted by Crippen LogP contribution is -2.06. The Morgan fingerprint density at radius 3 is 2.15 bits per heavy atom. The molecule has 1 rings (SSSR count). The standard InChI is InChI=1S/C9H10O2.C2H4/c1-7(9(10)11)8-5-3-2-4-6-8;1-2/h2-7H,1H3,(H,10,11);1-2H2. The van der Waals surface area contributed by atoms with E-state index in [1.54, 1.807) is 6.92 Å². The highest BCUT2D eigenvalue weighted by Gasteiger charge is 2.11. The summed E-state index contributed by atoms with van der Waals surface area (Å²) in [7, 11) is 0. The monoisotopic (exact) mass is 178 g/mol. The molecule has 70 valence electrons. The van der Waals surface area contributed by atoms with Crippen molar-refractivity contribution in [2.24, 2.45) is 0 Å². The Kier molecular flexibility index (Phi) is 5.28. The number of hydrogen-bond donors (Lipinski definition) is 1. The van der Waals surface area contributed by atoms with Crippen LogP contribution in [0.3, 0.4) is 0 Å². The molecule has 1 aromatic carbocycles. The molecule has 0 saturated heterocycles. The maximum absolute atomic E-state index is 10.5. The number of carboxylic acids is 1. The van der Waals surface area contributed by atoms with Crippen molar-refractivity contribution in [1.82, 2.24) is 0 Å². The van der Waals surface area contributed by atoms with E-state index >= 15 is 0 Å². The summed E-state index contributed by atoms with van der Waals surface area (Å²) >= 11 is 0. The van der Waals surface area contributed by atoms with E-state index in [0.29, 0.717) is 0 Å². The molecule has 13 heavy (non-hydrogen) atoms. The first kappa shape index (κ1) is 11.4. The average molecular weight is 178 g/mol. The minimum atomic E-state index is -0.781. The van der Waals surface area contributed by atoms with E-state index in [-0.39, 0.29) is 0 Å². The first-order chi connectivity index (χ1) is 6.22. The number of carbonyl (C=O) groups is 1. The summed E-state index contributed by atoms with van der Waals surface area (Å²) in [6.45, 7) is 7.68. The van der Waals surface area contributed by atoms with Crippen molar-refractivity contribution in [3.8, 4) is 0 Å². The Morgan fingerprint density at radius 2 is 1.77 bits per heavy atom. The molecule has 0 saturated carbocycles. The van der Waals surface area contributed by atoms with E-state index in [1.807, 2.05) is 30.3 Å². The van der Waals surface area contributed by atoms with E-state index in [9.17, 15) is 4.79 Å². The lowest BCUT2D eigenvalue weighted by Gasteiger charge is -2.04. The third-order valence-corrected chi connectivity index (χ3v) is 1.67. The fraction of sp³-hybridized carbons (Fsp3) is 0.182. The molecule has 0 fully saturated rings. The Hall–Kier alpha value is -1.57. The topological polar surface area (TPSA) is 37.3 Å². The van der Waals surface area contributed by atoms with E-state index in [1.165, 1.54) is 0 Å². The Balaban J connectivity index is 0.000000671. The summed E-state index contributed by atoms with van der Waals surface area (Å²) in [6, 6.07) is 9.19. The highest BCUT2D eigenvalue weighted by atomic mass is 16.4. The van der Waals surface area contributed by atoms with Gasteiger partial charge in [-0.3, -0.25) is 4.79 Å². The molecule has 1 atom stereocenters. The molecule has 0 aliphatic carbocycles. The van der Waals surface area contributed by atoms with Crippen molar-refractivity contribution in [2.45, 2.75) is 12.8 Å². The van der Waals surface area contributed by atoms with Gasteiger partial charge in [0.15, 0.2) is 0 Å². The Labute approximate surface area is 78.5 Å². The molecule has 0 radical (unpaired) electrons. The van der Waals surface area contributed by atoms with E-state index in [4.69, 9.17) is 5.11 Å². The third kappa shape index (κ3) is 3.56. The molecule has 0 amide bonds. The van der Waals surface area contributed by atoms with Gasteiger partial charge in [0.25, 0.3) is 0 Å². The van der Waals surface area contributed by atoms with Gasteiger partial charge in [-0.05, 0) is 12.5 Å². The highest BCUT2D eigenvalue weighted by molar-refractivity contribution is 5.75. The van der Waals surface area contributed by atoms with Crippen molar-refractivity contribution in [3.05, 3.63) is 49.1 Å². The molecule has 0 aliphatic rings. The molecule has 0 aliphatic heterocycles. The second-order valence-corrected chi connectivity index (χ2v) is 2.47. The molecule has 0 aromatic heterocycles. The van der Waals surface area contributed by atoms with Gasteiger partial charge in [0.1, 0.15) is 0 Å². The van der Waals surface area contributed by atoms with Crippen LogP contribution in [0.15, 0.2) is 43.5 Å². The molecule has 0 spiro atoms. The zero-order valence-electron chi connectivity index (χ0n) is 7.73. The Bertz CT molecular complexity index is 254. The van der Waals surface area contributed by atoms with Crippen LogP contribution in [0.25, 0.3) is 0 Å². The van der Waals surface area contributed by atoms with Gasteiger partial charge in [-0.25, -0.2) is 0 Å². The van der Waals surface area contributed by atoms with Crippen LogP contribution in [0.1, 0.15) is 18.4 Å². The van der Waals surface area contributed by atoms with Gasteiger partial charge in [0.2, 0.25) is 0 Å². The van der Waals surface area contributed by atoms with Gasteiger partial charge in [-0.1, -0.05) is 30.3 Å². The predicted octanol–water partition coefficient (Wildman–Crippen LogP) is 2.68. The van der Waals surface area contributed by atoms with Gasteiger partial charge in [0.05, 0.1) is 5.92 Å². The van der Waals surface area contributed by atoms with Crippen LogP contribution in [-0.4, -0.2) is 11.1 Å². The Morgan fingerprint density at radius 1 is 1.31 bits per heavy atom. The second kappa shape index (κ2) is 6.00. The number of carboxylic acid groups (broad SMARTS) is 1. The summed E-state index contributed by atoms with van der Waals surface area (Å²) in [5.74, 6) is -1.19. The van der Waals surface area contributed by atoms with Crippen LogP contribution in [-0.2, 0) is 4.79 Å². The van der Waals surface area contributed by atoms with Crippen molar-refractivity contribution < 1.29 is 9.90 Å². The fourth-order valence-electron chi connectivity index (χ4n) is 0.884. The fourth-order valence-corrected chi connectivity index (χ4v) is 0.884. The summed E-state index contributed by atoms with van der Waals surface area (Å²) in [5.41, 5.74) is 0.847. The van der Waals surface area contributed by atoms with E-state index < -0.39 is 11.9 Å². The first-order valence-electron chi connectivity index (χ1n) is 3.99. The normalized spacial score (nSPS) is 10.8. The summed E-state index contributed by atoms with van der Waals surface area (Å²) in [4.78, 5) is 10.5. The summed E-state index contributed by atoms with van der Waals surface area (Å²) < 4.78 is 0. The van der Waals surface area contributed by atoms with Gasteiger partial charge in [0, 0.05) is 0 Å². The number of hydrogen-bond acceptors (Lipinski definition) is 1. The third-order valence-electron chi connectivity index (χ3n) is 1.67. The quantitative estimate of drug-likeness (QED) is 0.707. The predicted molar refractivity (Wildman–Crippen MR) is 53.7 cm³/mol. The molecule has 1 N–H and O–H groups in total. The average Bonchev–Trinajstić information content (AvgIpc) is 2.21. The molecular formula is C11H14O2. The van der Waals surface area contributed by atoms with Crippen LogP contribution in [0.2, 0.25) is 0 Å². The van der Waals surface area contributed by atoms with Crippen molar-refractivity contribution in [3.63, 3.8) is 0 Å². The van der Waals surface area contributed by atoms with Crippen LogP contribution >= 0.6 is 0 Å². The molecule has 2 heteroatoms. The van der Waals surface area contributed by atoms with Crippen molar-refractivity contribution in [1.29, 1.82) is 0 Å². The maximum atomic E-state index is 10.5. The largest absolute Gasteiger partial charge is 0.481 e. The number of benzene rings is 1. The smallest absolute Gasteiger partial charge is 0.310 e. The van der Waals surface area contributed by atoms with E-state index in [2.05, 4.69) is 13.2 Å². The summed E-state index contributed by atoms with van der Waals surface area (Å²) in [6.07, 6.45) is 0. The van der Waals surface area contributed by atoms with Crippen molar-refractivity contribution >= 4 is 5.97 Å². The highest BCUT2D eigenvalue weighted by Crippen LogP contribution is 2.13. The molecule has 0 bridgehead atoms. The molecule has 1 unspecified atom stereocenters. The molecule has 1 aromatic rings.